The number of nitrogen functional groups attached to an aromatic ring is 1. The van der Waals surface area contributed by atoms with Crippen LogP contribution in [0.5, 0.6) is 0 Å². The van der Waals surface area contributed by atoms with E-state index in [0.29, 0.717) is 5.41 Å². The fraction of sp³-hybridized carbons (Fsp3) is 0.750. The molecule has 1 aromatic rings. The summed E-state index contributed by atoms with van der Waals surface area (Å²) in [4.78, 5) is 0. The Labute approximate surface area is 91.7 Å². The van der Waals surface area contributed by atoms with Gasteiger partial charge in [-0.3, -0.25) is 4.68 Å². The lowest BCUT2D eigenvalue weighted by molar-refractivity contribution is 0.261. The minimum Gasteiger partial charge on any atom is -0.396 e. The lowest BCUT2D eigenvalue weighted by Gasteiger charge is -2.23. The Hall–Kier alpha value is -0.990. The van der Waals surface area contributed by atoms with Gasteiger partial charge in [-0.1, -0.05) is 13.8 Å². The smallest absolute Gasteiger partial charge is 0.0822 e. The lowest BCUT2D eigenvalue weighted by atomic mass is 9.84. The predicted molar refractivity (Wildman–Crippen MR) is 62.5 cm³/mol. The van der Waals surface area contributed by atoms with Gasteiger partial charge in [0.1, 0.15) is 0 Å². The average Bonchev–Trinajstić information content (AvgIpc) is 2.93. The second kappa shape index (κ2) is 3.54. The molecule has 0 aromatic carbocycles. The van der Waals surface area contributed by atoms with Crippen molar-refractivity contribution in [2.45, 2.75) is 46.6 Å². The van der Waals surface area contributed by atoms with Gasteiger partial charge < -0.3 is 5.73 Å². The largest absolute Gasteiger partial charge is 0.396 e. The zero-order valence-corrected chi connectivity index (χ0v) is 9.95. The molecular formula is C12H21N3. The van der Waals surface area contributed by atoms with E-state index in [2.05, 4.69) is 18.9 Å². The molecule has 1 aliphatic carbocycles. The number of aryl methyl sites for hydroxylation is 2. The van der Waals surface area contributed by atoms with Crippen molar-refractivity contribution in [1.82, 2.24) is 9.78 Å². The summed E-state index contributed by atoms with van der Waals surface area (Å²) in [7, 11) is 0. The molecule has 0 radical (unpaired) electrons. The Kier molecular flexibility index (Phi) is 2.49. The lowest BCUT2D eigenvalue weighted by Crippen LogP contribution is -2.17. The van der Waals surface area contributed by atoms with Gasteiger partial charge in [0.15, 0.2) is 0 Å². The van der Waals surface area contributed by atoms with Gasteiger partial charge in [-0.05, 0) is 37.5 Å². The highest BCUT2D eigenvalue weighted by atomic mass is 15.3. The van der Waals surface area contributed by atoms with Crippen LogP contribution >= 0.6 is 0 Å². The maximum atomic E-state index is 5.77. The second-order valence-corrected chi connectivity index (χ2v) is 5.45. The molecule has 1 aromatic heterocycles. The van der Waals surface area contributed by atoms with Gasteiger partial charge in [-0.15, -0.1) is 0 Å². The van der Waals surface area contributed by atoms with Gasteiger partial charge in [-0.2, -0.15) is 5.10 Å². The highest BCUT2D eigenvalue weighted by molar-refractivity contribution is 5.39. The van der Waals surface area contributed by atoms with Gasteiger partial charge in [0.05, 0.1) is 11.4 Å². The van der Waals surface area contributed by atoms with Crippen molar-refractivity contribution in [3.05, 3.63) is 11.9 Å². The summed E-state index contributed by atoms with van der Waals surface area (Å²) >= 11 is 0. The van der Waals surface area contributed by atoms with Crippen molar-refractivity contribution in [3.8, 4) is 0 Å². The van der Waals surface area contributed by atoms with Crippen LogP contribution in [-0.2, 0) is 6.54 Å². The summed E-state index contributed by atoms with van der Waals surface area (Å²) in [5.41, 5.74) is 7.98. The molecule has 1 saturated carbocycles. The van der Waals surface area contributed by atoms with Crippen LogP contribution in [0.25, 0.3) is 0 Å². The molecule has 0 unspecified atom stereocenters. The molecule has 1 aliphatic rings. The highest BCUT2D eigenvalue weighted by Crippen LogP contribution is 2.47. The van der Waals surface area contributed by atoms with Gasteiger partial charge in [0.25, 0.3) is 0 Å². The molecule has 0 bridgehead atoms. The first kappa shape index (κ1) is 10.5. The van der Waals surface area contributed by atoms with Crippen LogP contribution in [0.15, 0.2) is 6.20 Å². The quantitative estimate of drug-likeness (QED) is 0.824. The third-order valence-electron chi connectivity index (χ3n) is 3.65. The number of anilines is 1. The first-order valence-electron chi connectivity index (χ1n) is 5.78. The molecule has 0 atom stereocenters. The first-order valence-corrected chi connectivity index (χ1v) is 5.78. The molecule has 3 heteroatoms. The standard InChI is InChI=1S/C12H21N3/c1-9-11(13)8-15(14-9)7-6-12(2,3)10-4-5-10/h8,10H,4-7,13H2,1-3H3. The fourth-order valence-corrected chi connectivity index (χ4v) is 2.12. The Bertz CT molecular complexity index is 328. The molecular weight excluding hydrogens is 186 g/mol. The van der Waals surface area contributed by atoms with Crippen LogP contribution in [-0.4, -0.2) is 9.78 Å². The van der Waals surface area contributed by atoms with Gasteiger partial charge in [0, 0.05) is 12.7 Å². The van der Waals surface area contributed by atoms with E-state index in [9.17, 15) is 0 Å². The molecule has 2 rings (SSSR count). The topological polar surface area (TPSA) is 43.8 Å². The van der Waals surface area contributed by atoms with Gasteiger partial charge >= 0.3 is 0 Å². The van der Waals surface area contributed by atoms with Crippen LogP contribution in [0.4, 0.5) is 5.69 Å². The second-order valence-electron chi connectivity index (χ2n) is 5.45. The summed E-state index contributed by atoms with van der Waals surface area (Å²) in [6.45, 7) is 7.67. The zero-order valence-electron chi connectivity index (χ0n) is 9.95. The Morgan fingerprint density at radius 3 is 2.67 bits per heavy atom. The van der Waals surface area contributed by atoms with Crippen LogP contribution in [0, 0.1) is 18.3 Å². The average molecular weight is 207 g/mol. The molecule has 1 fully saturated rings. The van der Waals surface area contributed by atoms with Crippen LogP contribution < -0.4 is 5.73 Å². The Balaban J connectivity index is 1.92. The van der Waals surface area contributed by atoms with E-state index in [-0.39, 0.29) is 0 Å². The van der Waals surface area contributed by atoms with E-state index in [1.807, 2.05) is 17.8 Å². The van der Waals surface area contributed by atoms with Crippen molar-refractivity contribution < 1.29 is 0 Å². The number of aromatic nitrogens is 2. The molecule has 3 nitrogen and oxygen atoms in total. The number of nitrogens with zero attached hydrogens (tertiary/aromatic N) is 2. The van der Waals surface area contributed by atoms with E-state index in [0.717, 1.165) is 23.8 Å². The Morgan fingerprint density at radius 1 is 1.53 bits per heavy atom. The van der Waals surface area contributed by atoms with E-state index in [4.69, 9.17) is 5.73 Å². The van der Waals surface area contributed by atoms with E-state index in [1.54, 1.807) is 0 Å². The predicted octanol–water partition coefficient (Wildman–Crippen LogP) is 2.60. The number of nitrogens with two attached hydrogens (primary N) is 1. The molecule has 1 heterocycles. The number of hydrogen-bond acceptors (Lipinski definition) is 2. The molecule has 0 spiro atoms. The summed E-state index contributed by atoms with van der Waals surface area (Å²) in [6, 6.07) is 0. The Morgan fingerprint density at radius 2 is 2.20 bits per heavy atom. The minimum absolute atomic E-state index is 0.467. The van der Waals surface area contributed by atoms with Crippen LogP contribution in [0.3, 0.4) is 0 Å². The third-order valence-corrected chi connectivity index (χ3v) is 3.65. The van der Waals surface area contributed by atoms with Crippen LogP contribution in [0.1, 0.15) is 38.8 Å². The van der Waals surface area contributed by atoms with Crippen molar-refractivity contribution >= 4 is 5.69 Å². The highest BCUT2D eigenvalue weighted by Gasteiger charge is 2.37. The first-order chi connectivity index (χ1) is 6.99. The maximum absolute atomic E-state index is 5.77. The molecule has 0 amide bonds. The van der Waals surface area contributed by atoms with Gasteiger partial charge in [0.2, 0.25) is 0 Å². The summed E-state index contributed by atoms with van der Waals surface area (Å²) in [6.07, 6.45) is 5.96. The van der Waals surface area contributed by atoms with Crippen LogP contribution in [0.2, 0.25) is 0 Å². The normalized spacial score (nSPS) is 17.0. The third kappa shape index (κ3) is 2.33. The van der Waals surface area contributed by atoms with E-state index in [1.165, 1.54) is 19.3 Å². The van der Waals surface area contributed by atoms with Crippen molar-refractivity contribution in [1.29, 1.82) is 0 Å². The number of hydrogen-bond donors (Lipinski definition) is 1. The summed E-state index contributed by atoms with van der Waals surface area (Å²) < 4.78 is 1.98. The van der Waals surface area contributed by atoms with Crippen molar-refractivity contribution in [2.24, 2.45) is 11.3 Å². The molecule has 0 saturated heterocycles. The molecule has 0 aliphatic heterocycles. The minimum atomic E-state index is 0.467. The summed E-state index contributed by atoms with van der Waals surface area (Å²) in [5, 5.41) is 4.38. The fourth-order valence-electron chi connectivity index (χ4n) is 2.12. The molecule has 15 heavy (non-hydrogen) atoms. The van der Waals surface area contributed by atoms with Crippen molar-refractivity contribution in [3.63, 3.8) is 0 Å². The number of rotatable bonds is 4. The van der Waals surface area contributed by atoms with E-state index < -0.39 is 0 Å². The summed E-state index contributed by atoms with van der Waals surface area (Å²) in [5.74, 6) is 0.937. The maximum Gasteiger partial charge on any atom is 0.0822 e. The SMILES string of the molecule is Cc1nn(CCC(C)(C)C2CC2)cc1N. The monoisotopic (exact) mass is 207 g/mol. The zero-order chi connectivity index (χ0) is 11.1. The van der Waals surface area contributed by atoms with E-state index >= 15 is 0 Å². The van der Waals surface area contributed by atoms with Crippen molar-refractivity contribution in [2.75, 3.05) is 5.73 Å². The molecule has 2 N–H and O–H groups in total. The van der Waals surface area contributed by atoms with Gasteiger partial charge in [-0.25, -0.2) is 0 Å². The molecule has 84 valence electrons.